The number of carbonyl (C=O) groups excluding carboxylic acids is 1. The Hall–Kier alpha value is -2.43. The van der Waals surface area contributed by atoms with Crippen LogP contribution in [0.1, 0.15) is 17.0 Å². The average molecular weight is 303 g/mol. The van der Waals surface area contributed by atoms with Crippen molar-refractivity contribution >= 4 is 5.91 Å². The van der Waals surface area contributed by atoms with Gasteiger partial charge >= 0.3 is 0 Å². The highest BCUT2D eigenvalue weighted by Gasteiger charge is 2.23. The zero-order valence-electron chi connectivity index (χ0n) is 11.8. The highest BCUT2D eigenvalue weighted by molar-refractivity contribution is 5.78. The molecule has 1 aliphatic heterocycles. The molecule has 0 spiro atoms. The molecule has 22 heavy (non-hydrogen) atoms. The first-order chi connectivity index (χ1) is 10.6. The van der Waals surface area contributed by atoms with Gasteiger partial charge in [0.25, 0.3) is 0 Å². The molecule has 0 radical (unpaired) electrons. The summed E-state index contributed by atoms with van der Waals surface area (Å²) < 4.78 is 31.9. The lowest BCUT2D eigenvalue weighted by molar-refractivity contribution is -0.120. The molecule has 0 saturated heterocycles. The molecule has 1 amide bonds. The van der Waals surface area contributed by atoms with Crippen molar-refractivity contribution in [2.75, 3.05) is 13.2 Å². The van der Waals surface area contributed by atoms with Crippen LogP contribution in [0, 0.1) is 11.6 Å². The van der Waals surface area contributed by atoms with Gasteiger partial charge in [0.2, 0.25) is 5.91 Å². The van der Waals surface area contributed by atoms with E-state index in [1.165, 1.54) is 6.07 Å². The summed E-state index contributed by atoms with van der Waals surface area (Å²) in [4.78, 5) is 11.9. The van der Waals surface area contributed by atoms with E-state index in [1.54, 1.807) is 0 Å². The van der Waals surface area contributed by atoms with Gasteiger partial charge < -0.3 is 10.1 Å². The second kappa shape index (κ2) is 6.13. The van der Waals surface area contributed by atoms with Gasteiger partial charge in [-0.05, 0) is 17.7 Å². The lowest BCUT2D eigenvalue weighted by Crippen LogP contribution is -2.30. The molecule has 3 rings (SSSR count). The number of nitrogens with one attached hydrogen (secondary N) is 1. The van der Waals surface area contributed by atoms with E-state index < -0.39 is 11.6 Å². The third-order valence-electron chi connectivity index (χ3n) is 3.71. The Bertz CT molecular complexity index is 703. The number of hydrogen-bond donors (Lipinski definition) is 1. The Morgan fingerprint density at radius 2 is 2.05 bits per heavy atom. The third-order valence-corrected chi connectivity index (χ3v) is 3.71. The maximum atomic E-state index is 13.5. The Kier molecular flexibility index (Phi) is 4.04. The molecule has 1 N–H and O–H groups in total. The van der Waals surface area contributed by atoms with Crippen LogP contribution >= 0.6 is 0 Å². The van der Waals surface area contributed by atoms with Crippen LogP contribution in [-0.2, 0) is 11.2 Å². The highest BCUT2D eigenvalue weighted by atomic mass is 19.1. The van der Waals surface area contributed by atoms with Gasteiger partial charge in [-0.25, -0.2) is 8.78 Å². The first kappa shape index (κ1) is 14.5. The van der Waals surface area contributed by atoms with E-state index in [0.29, 0.717) is 13.2 Å². The molecule has 5 heteroatoms. The van der Waals surface area contributed by atoms with Crippen molar-refractivity contribution in [3.8, 4) is 5.75 Å². The number of carbonyl (C=O) groups is 1. The molecule has 2 aromatic rings. The SMILES string of the molecule is O=C(Cc1ccc(F)cc1F)NC[C@@H]1COc2ccccc21. The molecule has 0 unspecified atom stereocenters. The molecule has 0 bridgehead atoms. The molecule has 1 atom stereocenters. The fraction of sp³-hybridized carbons (Fsp3) is 0.235. The predicted molar refractivity (Wildman–Crippen MR) is 77.7 cm³/mol. The summed E-state index contributed by atoms with van der Waals surface area (Å²) in [6.45, 7) is 0.948. The molecule has 3 nitrogen and oxygen atoms in total. The molecule has 114 valence electrons. The Balaban J connectivity index is 1.57. The number of ether oxygens (including phenoxy) is 1. The number of hydrogen-bond acceptors (Lipinski definition) is 2. The summed E-state index contributed by atoms with van der Waals surface area (Å²) in [5, 5.41) is 2.78. The quantitative estimate of drug-likeness (QED) is 0.943. The maximum Gasteiger partial charge on any atom is 0.224 e. The second-order valence-electron chi connectivity index (χ2n) is 5.26. The first-order valence-electron chi connectivity index (χ1n) is 7.06. The van der Waals surface area contributed by atoms with E-state index >= 15 is 0 Å². The van der Waals surface area contributed by atoms with Gasteiger partial charge in [-0.1, -0.05) is 24.3 Å². The normalized spacial score (nSPS) is 16.0. The standard InChI is InChI=1S/C17H15F2NO2/c18-13-6-5-11(15(19)8-13)7-17(21)20-9-12-10-22-16-4-2-1-3-14(12)16/h1-6,8,12H,7,9-10H2,(H,20,21)/t12-/m1/s1. The molecule has 0 aromatic heterocycles. The van der Waals surface area contributed by atoms with Crippen LogP contribution in [0.2, 0.25) is 0 Å². The van der Waals surface area contributed by atoms with Crippen molar-refractivity contribution in [2.45, 2.75) is 12.3 Å². The maximum absolute atomic E-state index is 13.5. The summed E-state index contributed by atoms with van der Waals surface area (Å²) in [5.41, 5.74) is 1.25. The lowest BCUT2D eigenvalue weighted by atomic mass is 10.0. The summed E-state index contributed by atoms with van der Waals surface area (Å²) in [5.74, 6) is -0.717. The summed E-state index contributed by atoms with van der Waals surface area (Å²) >= 11 is 0. The van der Waals surface area contributed by atoms with Crippen LogP contribution in [0.15, 0.2) is 42.5 Å². The lowest BCUT2D eigenvalue weighted by Gasteiger charge is -2.11. The molecular weight excluding hydrogens is 288 g/mol. The van der Waals surface area contributed by atoms with Crippen LogP contribution in [0.3, 0.4) is 0 Å². The van der Waals surface area contributed by atoms with Crippen molar-refractivity contribution in [1.29, 1.82) is 0 Å². The number of fused-ring (bicyclic) bond motifs is 1. The van der Waals surface area contributed by atoms with Crippen molar-refractivity contribution in [2.24, 2.45) is 0 Å². The summed E-state index contributed by atoms with van der Waals surface area (Å²) in [6.07, 6.45) is -0.110. The molecule has 1 heterocycles. The van der Waals surface area contributed by atoms with Crippen molar-refractivity contribution < 1.29 is 18.3 Å². The van der Waals surface area contributed by atoms with Crippen LogP contribution < -0.4 is 10.1 Å². The van der Waals surface area contributed by atoms with E-state index in [-0.39, 0.29) is 23.8 Å². The number of halogens is 2. The second-order valence-corrected chi connectivity index (χ2v) is 5.26. The molecule has 0 aliphatic carbocycles. The van der Waals surface area contributed by atoms with Crippen LogP contribution in [0.4, 0.5) is 8.78 Å². The fourth-order valence-corrected chi connectivity index (χ4v) is 2.54. The average Bonchev–Trinajstić information content (AvgIpc) is 2.91. The monoisotopic (exact) mass is 303 g/mol. The Morgan fingerprint density at radius 3 is 2.86 bits per heavy atom. The van der Waals surface area contributed by atoms with Gasteiger partial charge in [-0.2, -0.15) is 0 Å². The van der Waals surface area contributed by atoms with Gasteiger partial charge in [0, 0.05) is 24.1 Å². The minimum Gasteiger partial charge on any atom is -0.493 e. The van der Waals surface area contributed by atoms with E-state index in [1.807, 2.05) is 24.3 Å². The van der Waals surface area contributed by atoms with Gasteiger partial charge in [-0.15, -0.1) is 0 Å². The zero-order valence-corrected chi connectivity index (χ0v) is 11.8. The van der Waals surface area contributed by atoms with Crippen molar-refractivity contribution in [3.63, 3.8) is 0 Å². The third kappa shape index (κ3) is 3.08. The smallest absolute Gasteiger partial charge is 0.224 e. The predicted octanol–water partition coefficient (Wildman–Crippen LogP) is 2.80. The number of benzene rings is 2. The van der Waals surface area contributed by atoms with E-state index in [9.17, 15) is 13.6 Å². The largest absolute Gasteiger partial charge is 0.493 e. The number of amides is 1. The molecule has 1 aliphatic rings. The fourth-order valence-electron chi connectivity index (χ4n) is 2.54. The van der Waals surface area contributed by atoms with E-state index in [2.05, 4.69) is 5.32 Å². The van der Waals surface area contributed by atoms with Crippen LogP contribution in [-0.4, -0.2) is 19.1 Å². The minimum absolute atomic E-state index is 0.0956. The number of para-hydroxylation sites is 1. The minimum atomic E-state index is -0.704. The van der Waals surface area contributed by atoms with Crippen LogP contribution in [0.25, 0.3) is 0 Å². The van der Waals surface area contributed by atoms with Gasteiger partial charge in [0.05, 0.1) is 13.0 Å². The molecule has 0 saturated carbocycles. The topological polar surface area (TPSA) is 38.3 Å². The first-order valence-corrected chi connectivity index (χ1v) is 7.06. The van der Waals surface area contributed by atoms with E-state index in [4.69, 9.17) is 4.74 Å². The number of rotatable bonds is 4. The van der Waals surface area contributed by atoms with Gasteiger partial charge in [0.15, 0.2) is 0 Å². The van der Waals surface area contributed by atoms with Gasteiger partial charge in [0.1, 0.15) is 17.4 Å². The molecular formula is C17H15F2NO2. The van der Waals surface area contributed by atoms with Gasteiger partial charge in [-0.3, -0.25) is 4.79 Å². The Morgan fingerprint density at radius 1 is 1.23 bits per heavy atom. The molecule has 2 aromatic carbocycles. The summed E-state index contributed by atoms with van der Waals surface area (Å²) in [7, 11) is 0. The summed E-state index contributed by atoms with van der Waals surface area (Å²) in [6, 6.07) is 10.9. The highest BCUT2D eigenvalue weighted by Crippen LogP contribution is 2.32. The van der Waals surface area contributed by atoms with Crippen molar-refractivity contribution in [1.82, 2.24) is 5.32 Å². The Labute approximate surface area is 126 Å². The zero-order chi connectivity index (χ0) is 15.5. The van der Waals surface area contributed by atoms with Crippen molar-refractivity contribution in [3.05, 3.63) is 65.2 Å². The molecule has 0 fully saturated rings. The van der Waals surface area contributed by atoms with E-state index in [0.717, 1.165) is 23.4 Å². The van der Waals surface area contributed by atoms with Crippen LogP contribution in [0.5, 0.6) is 5.75 Å².